The molecule has 3 nitrogen and oxygen atoms in total. The van der Waals surface area contributed by atoms with Gasteiger partial charge in [0.25, 0.3) is 0 Å². The Kier molecular flexibility index (Phi) is 6.23. The molecule has 1 heterocycles. The number of esters is 1. The fourth-order valence-electron chi connectivity index (χ4n) is 2.37. The third kappa shape index (κ3) is 5.85. The normalized spacial score (nSPS) is 23.8. The van der Waals surface area contributed by atoms with Crippen LogP contribution < -0.4 is 0 Å². The van der Waals surface area contributed by atoms with Gasteiger partial charge < -0.3 is 9.53 Å². The number of hydrogen-bond acceptors (Lipinski definition) is 3. The van der Waals surface area contributed by atoms with E-state index < -0.39 is 0 Å². The Bertz CT molecular complexity index is 260. The summed E-state index contributed by atoms with van der Waals surface area (Å²) in [6.07, 6.45) is 8.27. The van der Waals surface area contributed by atoms with E-state index in [0.29, 0.717) is 6.42 Å². The molecule has 1 aliphatic heterocycles. The van der Waals surface area contributed by atoms with E-state index in [4.69, 9.17) is 4.74 Å². The highest BCUT2D eigenvalue weighted by atomic mass is 16.5. The molecular weight excluding hydrogens is 216 g/mol. The first-order valence-electron chi connectivity index (χ1n) is 6.79. The zero-order chi connectivity index (χ0) is 12.7. The smallest absolute Gasteiger partial charge is 0.309 e. The summed E-state index contributed by atoms with van der Waals surface area (Å²) in [5.74, 6) is 0.420. The molecule has 1 saturated heterocycles. The lowest BCUT2D eigenvalue weighted by atomic mass is 9.97. The maximum Gasteiger partial charge on any atom is 0.309 e. The summed E-state index contributed by atoms with van der Waals surface area (Å²) in [4.78, 5) is 22.1. The van der Waals surface area contributed by atoms with E-state index in [9.17, 15) is 9.59 Å². The molecule has 0 aliphatic carbocycles. The van der Waals surface area contributed by atoms with Crippen LogP contribution in [0.5, 0.6) is 0 Å². The van der Waals surface area contributed by atoms with Crippen LogP contribution >= 0.6 is 0 Å². The molecule has 0 radical (unpaired) electrons. The summed E-state index contributed by atoms with van der Waals surface area (Å²) in [5.41, 5.74) is 0. The molecule has 0 N–H and O–H groups in total. The molecule has 0 saturated carbocycles. The second kappa shape index (κ2) is 7.46. The summed E-state index contributed by atoms with van der Waals surface area (Å²) >= 11 is 0. The molecule has 1 fully saturated rings. The fourth-order valence-corrected chi connectivity index (χ4v) is 2.37. The number of cyclic esters (lactones) is 1. The second-order valence-electron chi connectivity index (χ2n) is 5.19. The van der Waals surface area contributed by atoms with Crippen LogP contribution in [0.4, 0.5) is 0 Å². The van der Waals surface area contributed by atoms with Gasteiger partial charge in [0.1, 0.15) is 5.78 Å². The molecule has 17 heavy (non-hydrogen) atoms. The first-order chi connectivity index (χ1) is 8.09. The van der Waals surface area contributed by atoms with Gasteiger partial charge in [-0.25, -0.2) is 0 Å². The monoisotopic (exact) mass is 240 g/mol. The first-order valence-corrected chi connectivity index (χ1v) is 6.79. The summed E-state index contributed by atoms with van der Waals surface area (Å²) < 4.78 is 5.12. The number of ketones is 1. The number of Topliss-reactive ketones (excluding diaryl/α,β-unsaturated/α-hetero) is 1. The highest BCUT2D eigenvalue weighted by Crippen LogP contribution is 2.25. The average Bonchev–Trinajstić information content (AvgIpc) is 2.55. The van der Waals surface area contributed by atoms with Gasteiger partial charge in [0.05, 0.1) is 12.0 Å². The molecule has 0 aromatic heterocycles. The third-order valence-corrected chi connectivity index (χ3v) is 3.35. The number of hydrogen-bond donors (Lipinski definition) is 0. The highest BCUT2D eigenvalue weighted by molar-refractivity contribution is 5.75. The molecule has 0 bridgehead atoms. The van der Waals surface area contributed by atoms with Crippen LogP contribution in [0.25, 0.3) is 0 Å². The zero-order valence-electron chi connectivity index (χ0n) is 11.0. The van der Waals surface area contributed by atoms with Crippen molar-refractivity contribution in [1.82, 2.24) is 0 Å². The van der Waals surface area contributed by atoms with Gasteiger partial charge in [-0.1, -0.05) is 25.7 Å². The molecule has 2 atom stereocenters. The predicted molar refractivity (Wildman–Crippen MR) is 66.7 cm³/mol. The third-order valence-electron chi connectivity index (χ3n) is 3.35. The fraction of sp³-hybridized carbons (Fsp3) is 0.857. The van der Waals surface area contributed by atoms with Gasteiger partial charge in [0, 0.05) is 6.42 Å². The van der Waals surface area contributed by atoms with E-state index in [0.717, 1.165) is 38.5 Å². The van der Waals surface area contributed by atoms with E-state index in [2.05, 4.69) is 0 Å². The average molecular weight is 240 g/mol. The Morgan fingerprint density at radius 3 is 2.47 bits per heavy atom. The van der Waals surface area contributed by atoms with E-state index >= 15 is 0 Å². The number of carbonyl (C=O) groups is 2. The van der Waals surface area contributed by atoms with E-state index in [-0.39, 0.29) is 23.8 Å². The Morgan fingerprint density at radius 1 is 1.24 bits per heavy atom. The number of carbonyl (C=O) groups excluding carboxylic acids is 2. The standard InChI is InChI=1S/C14H24O3/c1-11(15)8-6-4-3-5-7-9-13-10-12(2)17-14(13)16/h12-13H,3-10H2,1-2H3. The molecule has 1 aliphatic rings. The summed E-state index contributed by atoms with van der Waals surface area (Å²) in [6, 6.07) is 0. The quantitative estimate of drug-likeness (QED) is 0.483. The summed E-state index contributed by atoms with van der Waals surface area (Å²) in [5, 5.41) is 0. The van der Waals surface area contributed by atoms with Crippen LogP contribution in [-0.2, 0) is 14.3 Å². The van der Waals surface area contributed by atoms with Gasteiger partial charge in [-0.2, -0.15) is 0 Å². The van der Waals surface area contributed by atoms with Gasteiger partial charge in [0.15, 0.2) is 0 Å². The lowest BCUT2D eigenvalue weighted by Crippen LogP contribution is -2.07. The maximum atomic E-state index is 11.4. The topological polar surface area (TPSA) is 43.4 Å². The van der Waals surface area contributed by atoms with Crippen molar-refractivity contribution in [2.75, 3.05) is 0 Å². The van der Waals surface area contributed by atoms with Gasteiger partial charge in [0.2, 0.25) is 0 Å². The molecule has 3 heteroatoms. The van der Waals surface area contributed by atoms with Crippen LogP contribution in [0, 0.1) is 5.92 Å². The van der Waals surface area contributed by atoms with Crippen molar-refractivity contribution in [3.05, 3.63) is 0 Å². The zero-order valence-corrected chi connectivity index (χ0v) is 11.0. The Labute approximate surface area is 104 Å². The number of rotatable bonds is 8. The molecule has 0 amide bonds. The minimum atomic E-state index is -0.00548. The lowest BCUT2D eigenvalue weighted by Gasteiger charge is -2.04. The summed E-state index contributed by atoms with van der Waals surface area (Å²) in [7, 11) is 0. The molecule has 0 spiro atoms. The van der Waals surface area contributed by atoms with Crippen molar-refractivity contribution in [3.8, 4) is 0 Å². The van der Waals surface area contributed by atoms with E-state index in [1.807, 2.05) is 6.92 Å². The first kappa shape index (κ1) is 14.2. The van der Waals surface area contributed by atoms with Crippen molar-refractivity contribution in [1.29, 1.82) is 0 Å². The second-order valence-corrected chi connectivity index (χ2v) is 5.19. The maximum absolute atomic E-state index is 11.4. The van der Waals surface area contributed by atoms with Gasteiger partial charge in [-0.15, -0.1) is 0 Å². The van der Waals surface area contributed by atoms with Gasteiger partial charge >= 0.3 is 5.97 Å². The molecular formula is C14H24O3. The van der Waals surface area contributed by atoms with E-state index in [1.54, 1.807) is 6.92 Å². The van der Waals surface area contributed by atoms with Crippen molar-refractivity contribution in [2.24, 2.45) is 5.92 Å². The van der Waals surface area contributed by atoms with E-state index in [1.165, 1.54) is 6.42 Å². The van der Waals surface area contributed by atoms with Gasteiger partial charge in [-0.3, -0.25) is 4.79 Å². The van der Waals surface area contributed by atoms with Crippen LogP contribution in [0.3, 0.4) is 0 Å². The molecule has 0 aromatic carbocycles. The Balaban J connectivity index is 1.94. The van der Waals surface area contributed by atoms with Crippen molar-refractivity contribution < 1.29 is 14.3 Å². The van der Waals surface area contributed by atoms with Crippen LogP contribution in [0.2, 0.25) is 0 Å². The van der Waals surface area contributed by atoms with Crippen molar-refractivity contribution >= 4 is 11.8 Å². The SMILES string of the molecule is CC(=O)CCCCCCCC1CC(C)OC1=O. The summed E-state index contributed by atoms with van der Waals surface area (Å²) in [6.45, 7) is 3.60. The molecule has 1 rings (SSSR count). The predicted octanol–water partition coefficient (Wildman–Crippen LogP) is 3.26. The Morgan fingerprint density at radius 2 is 1.88 bits per heavy atom. The minimum absolute atomic E-state index is 0.00548. The van der Waals surface area contributed by atoms with Gasteiger partial charge in [-0.05, 0) is 33.1 Å². The van der Waals surface area contributed by atoms with Crippen molar-refractivity contribution in [3.63, 3.8) is 0 Å². The number of ether oxygens (including phenoxy) is 1. The largest absolute Gasteiger partial charge is 0.462 e. The minimum Gasteiger partial charge on any atom is -0.462 e. The van der Waals surface area contributed by atoms with Crippen LogP contribution in [0.1, 0.15) is 65.2 Å². The van der Waals surface area contributed by atoms with Crippen molar-refractivity contribution in [2.45, 2.75) is 71.3 Å². The molecule has 0 aromatic rings. The Hall–Kier alpha value is -0.860. The molecule has 2 unspecified atom stereocenters. The van der Waals surface area contributed by atoms with Crippen LogP contribution in [0.15, 0.2) is 0 Å². The lowest BCUT2D eigenvalue weighted by molar-refractivity contribution is -0.144. The number of unbranched alkanes of at least 4 members (excludes halogenated alkanes) is 4. The van der Waals surface area contributed by atoms with Crippen LogP contribution in [-0.4, -0.2) is 17.9 Å². The highest BCUT2D eigenvalue weighted by Gasteiger charge is 2.30. The molecule has 98 valence electrons.